The number of carbonyl (C=O) groups is 2. The maximum atomic E-state index is 11.8. The van der Waals surface area contributed by atoms with Gasteiger partial charge in [0.05, 0.1) is 11.8 Å². The molecule has 1 fully saturated rings. The maximum Gasteiger partial charge on any atom is 0.307 e. The van der Waals surface area contributed by atoms with Crippen molar-refractivity contribution in [3.63, 3.8) is 0 Å². The molecular formula is C14H14N4O3. The third-order valence-electron chi connectivity index (χ3n) is 3.45. The van der Waals surface area contributed by atoms with Crippen LogP contribution in [-0.2, 0) is 9.59 Å². The van der Waals surface area contributed by atoms with Crippen LogP contribution in [0, 0.1) is 18.8 Å². The van der Waals surface area contributed by atoms with Gasteiger partial charge in [0.2, 0.25) is 5.91 Å². The Morgan fingerprint density at radius 3 is 2.52 bits per heavy atom. The SMILES string of the molecule is Cc1nc(-c2ccc(NC(=O)C3CC3C(=O)O)cc2)n[nH]1. The molecule has 0 bridgehead atoms. The minimum Gasteiger partial charge on any atom is -0.481 e. The molecule has 1 aliphatic carbocycles. The molecule has 2 aromatic rings. The number of aryl methyl sites for hydroxylation is 1. The van der Waals surface area contributed by atoms with E-state index in [9.17, 15) is 9.59 Å². The molecule has 1 amide bonds. The molecule has 1 heterocycles. The summed E-state index contributed by atoms with van der Waals surface area (Å²) in [7, 11) is 0. The van der Waals surface area contributed by atoms with Gasteiger partial charge >= 0.3 is 5.97 Å². The van der Waals surface area contributed by atoms with Crippen LogP contribution in [-0.4, -0.2) is 32.2 Å². The predicted molar refractivity (Wildman–Crippen MR) is 74.4 cm³/mol. The van der Waals surface area contributed by atoms with Gasteiger partial charge in [-0.1, -0.05) is 0 Å². The van der Waals surface area contributed by atoms with Gasteiger partial charge in [0, 0.05) is 11.3 Å². The summed E-state index contributed by atoms with van der Waals surface area (Å²) in [4.78, 5) is 26.8. The second-order valence-electron chi connectivity index (χ2n) is 5.10. The van der Waals surface area contributed by atoms with Crippen molar-refractivity contribution in [3.05, 3.63) is 30.1 Å². The summed E-state index contributed by atoms with van der Waals surface area (Å²) in [6.45, 7) is 1.82. The first-order valence-electron chi connectivity index (χ1n) is 6.57. The van der Waals surface area contributed by atoms with E-state index in [1.165, 1.54) is 0 Å². The van der Waals surface area contributed by atoms with Crippen LogP contribution in [0.25, 0.3) is 11.4 Å². The molecule has 0 saturated heterocycles. The molecule has 1 aromatic carbocycles. The van der Waals surface area contributed by atoms with Gasteiger partial charge in [-0.05, 0) is 37.6 Å². The number of aliphatic carboxylic acids is 1. The molecule has 21 heavy (non-hydrogen) atoms. The summed E-state index contributed by atoms with van der Waals surface area (Å²) < 4.78 is 0. The molecule has 108 valence electrons. The zero-order valence-electron chi connectivity index (χ0n) is 11.3. The fourth-order valence-corrected chi connectivity index (χ4v) is 2.17. The average Bonchev–Trinajstić information content (AvgIpc) is 3.16. The molecule has 3 rings (SSSR count). The topological polar surface area (TPSA) is 108 Å². The Kier molecular flexibility index (Phi) is 3.17. The number of aromatic amines is 1. The highest BCUT2D eigenvalue weighted by Crippen LogP contribution is 2.39. The smallest absolute Gasteiger partial charge is 0.307 e. The summed E-state index contributed by atoms with van der Waals surface area (Å²) in [5.74, 6) is -0.790. The van der Waals surface area contributed by atoms with Gasteiger partial charge in [0.15, 0.2) is 5.82 Å². The van der Waals surface area contributed by atoms with Gasteiger partial charge in [-0.2, -0.15) is 5.10 Å². The predicted octanol–water partition coefficient (Wildman–Crippen LogP) is 1.44. The van der Waals surface area contributed by atoms with Crippen molar-refractivity contribution in [2.24, 2.45) is 11.8 Å². The van der Waals surface area contributed by atoms with Crippen molar-refractivity contribution in [3.8, 4) is 11.4 Å². The number of carboxylic acids is 1. The maximum absolute atomic E-state index is 11.8. The zero-order chi connectivity index (χ0) is 15.0. The van der Waals surface area contributed by atoms with Crippen molar-refractivity contribution in [2.75, 3.05) is 5.32 Å². The monoisotopic (exact) mass is 286 g/mol. The van der Waals surface area contributed by atoms with Crippen molar-refractivity contribution in [2.45, 2.75) is 13.3 Å². The standard InChI is InChI=1S/C14H14N4O3/c1-7-15-12(18-17-7)8-2-4-9(5-3-8)16-13(19)10-6-11(10)14(20)21/h2-5,10-11H,6H2,1H3,(H,16,19)(H,20,21)(H,15,17,18). The van der Waals surface area contributed by atoms with E-state index in [1.54, 1.807) is 24.3 Å². The van der Waals surface area contributed by atoms with E-state index in [1.807, 2.05) is 6.92 Å². The van der Waals surface area contributed by atoms with E-state index < -0.39 is 17.8 Å². The summed E-state index contributed by atoms with van der Waals surface area (Å²) in [6, 6.07) is 7.10. The molecule has 0 aliphatic heterocycles. The van der Waals surface area contributed by atoms with Crippen LogP contribution in [0.2, 0.25) is 0 Å². The lowest BCUT2D eigenvalue weighted by atomic mass is 10.2. The van der Waals surface area contributed by atoms with E-state index in [0.29, 0.717) is 17.9 Å². The number of amides is 1. The number of aromatic nitrogens is 3. The van der Waals surface area contributed by atoms with Crippen LogP contribution in [0.3, 0.4) is 0 Å². The molecule has 3 N–H and O–H groups in total. The van der Waals surface area contributed by atoms with Crippen LogP contribution >= 0.6 is 0 Å². The van der Waals surface area contributed by atoms with Crippen molar-refractivity contribution < 1.29 is 14.7 Å². The number of rotatable bonds is 4. The number of nitrogens with one attached hydrogen (secondary N) is 2. The van der Waals surface area contributed by atoms with Crippen molar-refractivity contribution >= 4 is 17.6 Å². The van der Waals surface area contributed by atoms with E-state index >= 15 is 0 Å². The van der Waals surface area contributed by atoms with Gasteiger partial charge in [0.1, 0.15) is 5.82 Å². The Balaban J connectivity index is 1.65. The molecule has 2 unspecified atom stereocenters. The lowest BCUT2D eigenvalue weighted by Gasteiger charge is -2.04. The van der Waals surface area contributed by atoms with E-state index in [2.05, 4.69) is 20.5 Å². The molecule has 0 radical (unpaired) electrons. The van der Waals surface area contributed by atoms with Crippen molar-refractivity contribution in [1.82, 2.24) is 15.2 Å². The fraction of sp³-hybridized carbons (Fsp3) is 0.286. The van der Waals surface area contributed by atoms with Gasteiger partial charge < -0.3 is 10.4 Å². The summed E-state index contributed by atoms with van der Waals surface area (Å²) in [5.41, 5.74) is 1.47. The largest absolute Gasteiger partial charge is 0.481 e. The van der Waals surface area contributed by atoms with E-state index in [-0.39, 0.29) is 5.91 Å². The lowest BCUT2D eigenvalue weighted by molar-refractivity contribution is -0.139. The van der Waals surface area contributed by atoms with Crippen molar-refractivity contribution in [1.29, 1.82) is 0 Å². The number of nitrogens with zero attached hydrogens (tertiary/aromatic N) is 2. The molecule has 7 nitrogen and oxygen atoms in total. The first-order valence-corrected chi connectivity index (χ1v) is 6.57. The number of H-pyrrole nitrogens is 1. The number of carbonyl (C=O) groups excluding carboxylic acids is 1. The summed E-state index contributed by atoms with van der Waals surface area (Å²) >= 11 is 0. The normalized spacial score (nSPS) is 20.0. The Morgan fingerprint density at radius 1 is 1.29 bits per heavy atom. The second-order valence-corrected chi connectivity index (χ2v) is 5.10. The van der Waals surface area contributed by atoms with Gasteiger partial charge in [-0.15, -0.1) is 0 Å². The number of benzene rings is 1. The van der Waals surface area contributed by atoms with Gasteiger partial charge in [-0.3, -0.25) is 14.7 Å². The lowest BCUT2D eigenvalue weighted by Crippen LogP contribution is -2.16. The quantitative estimate of drug-likeness (QED) is 0.788. The van der Waals surface area contributed by atoms with Crippen LogP contribution in [0.15, 0.2) is 24.3 Å². The minimum atomic E-state index is -0.912. The van der Waals surface area contributed by atoms with Crippen LogP contribution in [0.5, 0.6) is 0 Å². The molecule has 1 aromatic heterocycles. The third kappa shape index (κ3) is 2.76. The third-order valence-corrected chi connectivity index (χ3v) is 3.45. The average molecular weight is 286 g/mol. The molecule has 2 atom stereocenters. The zero-order valence-corrected chi connectivity index (χ0v) is 11.3. The number of carboxylic acid groups (broad SMARTS) is 1. The highest BCUT2D eigenvalue weighted by atomic mass is 16.4. The summed E-state index contributed by atoms with van der Waals surface area (Å²) in [5, 5.41) is 18.3. The van der Waals surface area contributed by atoms with Crippen LogP contribution in [0.1, 0.15) is 12.2 Å². The first-order chi connectivity index (χ1) is 10.0. The highest BCUT2D eigenvalue weighted by Gasteiger charge is 2.48. The Labute approximate surface area is 120 Å². The first kappa shape index (κ1) is 13.3. The molecule has 1 aliphatic rings. The summed E-state index contributed by atoms with van der Waals surface area (Å²) in [6.07, 6.45) is 0.412. The number of hydrogen-bond acceptors (Lipinski definition) is 4. The Bertz CT molecular complexity index is 692. The second kappa shape index (κ2) is 5.01. The molecule has 1 saturated carbocycles. The van der Waals surface area contributed by atoms with Crippen LogP contribution < -0.4 is 5.32 Å². The fourth-order valence-electron chi connectivity index (χ4n) is 2.17. The Hall–Kier alpha value is -2.70. The molecular weight excluding hydrogens is 272 g/mol. The molecule has 0 spiro atoms. The minimum absolute atomic E-state index is 0.246. The number of anilines is 1. The van der Waals surface area contributed by atoms with Gasteiger partial charge in [-0.25, -0.2) is 4.98 Å². The van der Waals surface area contributed by atoms with Crippen LogP contribution in [0.4, 0.5) is 5.69 Å². The van der Waals surface area contributed by atoms with E-state index in [4.69, 9.17) is 5.11 Å². The van der Waals surface area contributed by atoms with Gasteiger partial charge in [0.25, 0.3) is 0 Å². The Morgan fingerprint density at radius 2 is 2.00 bits per heavy atom. The van der Waals surface area contributed by atoms with E-state index in [0.717, 1.165) is 11.4 Å². The highest BCUT2D eigenvalue weighted by molar-refractivity contribution is 5.98. The number of hydrogen-bond donors (Lipinski definition) is 3. The molecule has 7 heteroatoms.